The number of likely N-dealkylation sites (N-methyl/N-ethyl adjacent to an activating group) is 1. The van der Waals surface area contributed by atoms with Gasteiger partial charge in [0.15, 0.2) is 6.10 Å². The molecule has 4 heterocycles. The number of nitrogens with zero attached hydrogens (tertiary/aromatic N) is 4. The van der Waals surface area contributed by atoms with Gasteiger partial charge < -0.3 is 19.4 Å². The third kappa shape index (κ3) is 3.06. The van der Waals surface area contributed by atoms with Crippen LogP contribution < -0.4 is 0 Å². The number of carbonyl (C=O) groups excluding carboxylic acids is 1. The number of carbonyl (C=O) groups is 1. The summed E-state index contributed by atoms with van der Waals surface area (Å²) in [5.41, 5.74) is 3.48. The van der Waals surface area contributed by atoms with Crippen LogP contribution in [-0.4, -0.2) is 49.9 Å². The van der Waals surface area contributed by atoms with Crippen molar-refractivity contribution in [1.29, 1.82) is 0 Å². The lowest BCUT2D eigenvalue weighted by atomic mass is 10.0. The Morgan fingerprint density at radius 1 is 1.19 bits per heavy atom. The van der Waals surface area contributed by atoms with Crippen LogP contribution in [0.4, 0.5) is 0 Å². The van der Waals surface area contributed by atoms with Crippen LogP contribution in [-0.2, 0) is 4.79 Å². The minimum atomic E-state index is -1.26. The SMILES string of the molecule is CN(C)C(=O)C(O)c1cncc(-c2cnc3[nH]cc(-c4ncco4)c3c2)c1. The van der Waals surface area contributed by atoms with Crippen molar-refractivity contribution in [3.8, 4) is 22.6 Å². The lowest BCUT2D eigenvalue weighted by Gasteiger charge is -2.16. The second-order valence-corrected chi connectivity index (χ2v) is 6.30. The molecule has 0 radical (unpaired) electrons. The van der Waals surface area contributed by atoms with E-state index in [0.29, 0.717) is 17.1 Å². The van der Waals surface area contributed by atoms with Crippen LogP contribution in [0.3, 0.4) is 0 Å². The highest BCUT2D eigenvalue weighted by atomic mass is 16.3. The van der Waals surface area contributed by atoms with Gasteiger partial charge in [-0.15, -0.1) is 0 Å². The van der Waals surface area contributed by atoms with E-state index in [2.05, 4.69) is 19.9 Å². The van der Waals surface area contributed by atoms with E-state index >= 15 is 0 Å². The van der Waals surface area contributed by atoms with Crippen LogP contribution in [0, 0.1) is 0 Å². The molecule has 0 saturated heterocycles. The number of aromatic amines is 1. The van der Waals surface area contributed by atoms with Gasteiger partial charge in [-0.05, 0) is 12.1 Å². The molecule has 0 aromatic carbocycles. The van der Waals surface area contributed by atoms with Crippen molar-refractivity contribution in [2.45, 2.75) is 6.10 Å². The first kappa shape index (κ1) is 16.9. The summed E-state index contributed by atoms with van der Waals surface area (Å²) >= 11 is 0. The smallest absolute Gasteiger partial charge is 0.255 e. The molecule has 27 heavy (non-hydrogen) atoms. The minimum absolute atomic E-state index is 0.403. The van der Waals surface area contributed by atoms with Crippen molar-refractivity contribution in [2.75, 3.05) is 14.1 Å². The molecule has 0 fully saturated rings. The van der Waals surface area contributed by atoms with Crippen LogP contribution in [0.2, 0.25) is 0 Å². The van der Waals surface area contributed by atoms with Gasteiger partial charge in [0, 0.05) is 61.0 Å². The summed E-state index contributed by atoms with van der Waals surface area (Å²) in [6.45, 7) is 0. The Morgan fingerprint density at radius 2 is 2.00 bits per heavy atom. The number of aliphatic hydroxyl groups excluding tert-OH is 1. The molecule has 1 unspecified atom stereocenters. The number of oxazole rings is 1. The molecule has 0 aliphatic heterocycles. The summed E-state index contributed by atoms with van der Waals surface area (Å²) in [7, 11) is 3.19. The van der Waals surface area contributed by atoms with Crippen LogP contribution in [0.5, 0.6) is 0 Å². The Morgan fingerprint density at radius 3 is 2.74 bits per heavy atom. The Bertz CT molecular complexity index is 1100. The Hall–Kier alpha value is -3.52. The summed E-state index contributed by atoms with van der Waals surface area (Å²) in [5.74, 6) is 0.0958. The maximum atomic E-state index is 12.0. The van der Waals surface area contributed by atoms with E-state index in [0.717, 1.165) is 22.1 Å². The third-order valence-corrected chi connectivity index (χ3v) is 4.28. The standard InChI is InChI=1S/C19H17N5O3/c1-24(2)19(26)16(25)13-5-11(7-20-8-13)12-6-14-15(18-21-3-4-27-18)10-23-17(14)22-9-12/h3-10,16,25H,1-2H3,(H,22,23). The van der Waals surface area contributed by atoms with Crippen LogP contribution in [0.1, 0.15) is 11.7 Å². The quantitative estimate of drug-likeness (QED) is 0.576. The maximum Gasteiger partial charge on any atom is 0.255 e. The Labute approximate surface area is 154 Å². The number of pyridine rings is 2. The van der Waals surface area contributed by atoms with Gasteiger partial charge in [-0.3, -0.25) is 9.78 Å². The van der Waals surface area contributed by atoms with Crippen LogP contribution >= 0.6 is 0 Å². The first-order chi connectivity index (χ1) is 13.0. The normalized spacial score (nSPS) is 12.3. The summed E-state index contributed by atoms with van der Waals surface area (Å²) in [6, 6.07) is 3.68. The molecular weight excluding hydrogens is 346 g/mol. The van der Waals surface area contributed by atoms with Gasteiger partial charge in [0.25, 0.3) is 5.91 Å². The van der Waals surface area contributed by atoms with Gasteiger partial charge in [0.2, 0.25) is 5.89 Å². The fraction of sp³-hybridized carbons (Fsp3) is 0.158. The fourth-order valence-corrected chi connectivity index (χ4v) is 2.85. The molecular formula is C19H17N5O3. The predicted molar refractivity (Wildman–Crippen MR) is 98.5 cm³/mol. The Kier molecular flexibility index (Phi) is 4.17. The van der Waals surface area contributed by atoms with E-state index in [4.69, 9.17) is 4.42 Å². The number of rotatable bonds is 4. The van der Waals surface area contributed by atoms with E-state index in [1.165, 1.54) is 17.4 Å². The van der Waals surface area contributed by atoms with Crippen molar-refractivity contribution in [3.05, 3.63) is 54.9 Å². The summed E-state index contributed by atoms with van der Waals surface area (Å²) in [6.07, 6.45) is 8.48. The largest absolute Gasteiger partial charge is 0.444 e. The molecule has 0 spiro atoms. The molecule has 2 N–H and O–H groups in total. The van der Waals surface area contributed by atoms with E-state index < -0.39 is 12.0 Å². The number of aromatic nitrogens is 4. The number of hydrogen-bond donors (Lipinski definition) is 2. The molecule has 136 valence electrons. The number of hydrogen-bond acceptors (Lipinski definition) is 6. The molecule has 4 rings (SSSR count). The van der Waals surface area contributed by atoms with Crippen molar-refractivity contribution in [2.24, 2.45) is 0 Å². The highest BCUT2D eigenvalue weighted by Gasteiger charge is 2.20. The first-order valence-corrected chi connectivity index (χ1v) is 8.26. The fourth-order valence-electron chi connectivity index (χ4n) is 2.85. The lowest BCUT2D eigenvalue weighted by molar-refractivity contribution is -0.137. The number of nitrogens with one attached hydrogen (secondary N) is 1. The van der Waals surface area contributed by atoms with E-state index in [1.807, 2.05) is 6.07 Å². The molecule has 1 atom stereocenters. The second kappa shape index (κ2) is 6.65. The number of fused-ring (bicyclic) bond motifs is 1. The lowest BCUT2D eigenvalue weighted by Crippen LogP contribution is -2.28. The summed E-state index contributed by atoms with van der Waals surface area (Å²) in [4.78, 5) is 29.2. The van der Waals surface area contributed by atoms with Crippen LogP contribution in [0.15, 0.2) is 53.8 Å². The monoisotopic (exact) mass is 363 g/mol. The average Bonchev–Trinajstić information content (AvgIpc) is 3.35. The highest BCUT2D eigenvalue weighted by Crippen LogP contribution is 2.30. The average molecular weight is 363 g/mol. The number of aliphatic hydroxyl groups is 1. The van der Waals surface area contributed by atoms with Crippen molar-refractivity contribution in [1.82, 2.24) is 24.8 Å². The maximum absolute atomic E-state index is 12.0. The van der Waals surface area contributed by atoms with Gasteiger partial charge in [0.1, 0.15) is 11.9 Å². The highest BCUT2D eigenvalue weighted by molar-refractivity contribution is 5.93. The number of H-pyrrole nitrogens is 1. The molecule has 8 nitrogen and oxygen atoms in total. The zero-order valence-corrected chi connectivity index (χ0v) is 14.7. The minimum Gasteiger partial charge on any atom is -0.444 e. The Balaban J connectivity index is 1.75. The summed E-state index contributed by atoms with van der Waals surface area (Å²) in [5, 5.41) is 11.1. The molecule has 4 aromatic rings. The van der Waals surface area contributed by atoms with Gasteiger partial charge in [-0.2, -0.15) is 0 Å². The zero-order chi connectivity index (χ0) is 19.0. The zero-order valence-electron chi connectivity index (χ0n) is 14.7. The second-order valence-electron chi connectivity index (χ2n) is 6.30. The van der Waals surface area contributed by atoms with E-state index in [1.54, 1.807) is 44.9 Å². The van der Waals surface area contributed by atoms with Gasteiger partial charge >= 0.3 is 0 Å². The predicted octanol–water partition coefficient (Wildman–Crippen LogP) is 2.40. The molecule has 0 saturated carbocycles. The van der Waals surface area contributed by atoms with Gasteiger partial charge in [0.05, 0.1) is 11.8 Å². The van der Waals surface area contributed by atoms with E-state index in [-0.39, 0.29) is 0 Å². The molecule has 8 heteroatoms. The topological polar surface area (TPSA) is 108 Å². The first-order valence-electron chi connectivity index (χ1n) is 8.26. The molecule has 0 aliphatic rings. The third-order valence-electron chi connectivity index (χ3n) is 4.28. The van der Waals surface area contributed by atoms with E-state index in [9.17, 15) is 9.90 Å². The summed E-state index contributed by atoms with van der Waals surface area (Å²) < 4.78 is 5.38. The molecule has 0 bridgehead atoms. The van der Waals surface area contributed by atoms with Gasteiger partial charge in [-0.25, -0.2) is 9.97 Å². The molecule has 0 aliphatic carbocycles. The molecule has 1 amide bonds. The van der Waals surface area contributed by atoms with Crippen molar-refractivity contribution < 1.29 is 14.3 Å². The molecule has 4 aromatic heterocycles. The van der Waals surface area contributed by atoms with Crippen molar-refractivity contribution >= 4 is 16.9 Å². The van der Waals surface area contributed by atoms with Crippen LogP contribution in [0.25, 0.3) is 33.6 Å². The van der Waals surface area contributed by atoms with Crippen molar-refractivity contribution in [3.63, 3.8) is 0 Å². The van der Waals surface area contributed by atoms with Gasteiger partial charge in [-0.1, -0.05) is 0 Å². The number of amides is 1.